The Balaban J connectivity index is 2.04. The second-order valence-electron chi connectivity index (χ2n) is 6.11. The molecule has 2 rings (SSSR count). The molecule has 0 bridgehead atoms. The minimum atomic E-state index is 0.812. The van der Waals surface area contributed by atoms with Crippen molar-refractivity contribution in [2.75, 3.05) is 45.7 Å². The Hall–Kier alpha value is -1.13. The molecule has 4 nitrogen and oxygen atoms in total. The van der Waals surface area contributed by atoms with E-state index in [1.807, 2.05) is 13.2 Å². The van der Waals surface area contributed by atoms with Gasteiger partial charge in [0.15, 0.2) is 0 Å². The largest absolute Gasteiger partial charge is 0.374 e. The van der Waals surface area contributed by atoms with Crippen molar-refractivity contribution in [2.24, 2.45) is 5.92 Å². The molecule has 20 heavy (non-hydrogen) atoms. The first kappa shape index (κ1) is 15.3. The van der Waals surface area contributed by atoms with Gasteiger partial charge in [0.2, 0.25) is 0 Å². The van der Waals surface area contributed by atoms with Crippen LogP contribution in [0.25, 0.3) is 0 Å². The molecule has 1 N–H and O–H groups in total. The van der Waals surface area contributed by atoms with E-state index in [1.54, 1.807) is 0 Å². The molecule has 4 heteroatoms. The Morgan fingerprint density at radius 3 is 2.75 bits per heavy atom. The molecular formula is C16H28N4. The number of aryl methyl sites for hydroxylation is 1. The number of pyridine rings is 1. The third kappa shape index (κ3) is 3.93. The zero-order valence-electron chi connectivity index (χ0n) is 13.3. The van der Waals surface area contributed by atoms with Crippen LogP contribution in [0.5, 0.6) is 0 Å². The summed E-state index contributed by atoms with van der Waals surface area (Å²) >= 11 is 0. The number of rotatable bonds is 5. The van der Waals surface area contributed by atoms with Gasteiger partial charge in [-0.05, 0) is 58.9 Å². The molecule has 0 amide bonds. The Morgan fingerprint density at radius 2 is 2.10 bits per heavy atom. The summed E-state index contributed by atoms with van der Waals surface area (Å²) in [5, 5.41) is 3.23. The van der Waals surface area contributed by atoms with Gasteiger partial charge in [0.25, 0.3) is 0 Å². The lowest BCUT2D eigenvalue weighted by Gasteiger charge is -2.33. The summed E-state index contributed by atoms with van der Waals surface area (Å²) in [5.41, 5.74) is 3.70. The second kappa shape index (κ2) is 7.04. The average molecular weight is 276 g/mol. The van der Waals surface area contributed by atoms with Gasteiger partial charge < -0.3 is 15.1 Å². The first-order valence-corrected chi connectivity index (χ1v) is 7.60. The van der Waals surface area contributed by atoms with E-state index in [0.717, 1.165) is 24.7 Å². The third-order valence-corrected chi connectivity index (χ3v) is 4.25. The van der Waals surface area contributed by atoms with Crippen LogP contribution in [0, 0.1) is 12.8 Å². The van der Waals surface area contributed by atoms with E-state index in [2.05, 4.69) is 47.2 Å². The molecule has 0 atom stereocenters. The lowest BCUT2D eigenvalue weighted by Crippen LogP contribution is -2.36. The highest BCUT2D eigenvalue weighted by atomic mass is 15.1. The highest BCUT2D eigenvalue weighted by molar-refractivity contribution is 5.53. The second-order valence-corrected chi connectivity index (χ2v) is 6.11. The van der Waals surface area contributed by atoms with Crippen LogP contribution in [0.3, 0.4) is 0 Å². The fourth-order valence-corrected chi connectivity index (χ4v) is 2.99. The maximum Gasteiger partial charge on any atom is 0.0443 e. The Bertz CT molecular complexity index is 424. The van der Waals surface area contributed by atoms with E-state index in [1.165, 1.54) is 37.2 Å². The van der Waals surface area contributed by atoms with Crippen LogP contribution in [0.4, 0.5) is 5.69 Å². The molecule has 112 valence electrons. The minimum Gasteiger partial charge on any atom is -0.374 e. The smallest absolute Gasteiger partial charge is 0.0443 e. The topological polar surface area (TPSA) is 31.4 Å². The van der Waals surface area contributed by atoms with E-state index in [9.17, 15) is 0 Å². The van der Waals surface area contributed by atoms with Crippen molar-refractivity contribution < 1.29 is 0 Å². The monoisotopic (exact) mass is 276 g/mol. The fourth-order valence-electron chi connectivity index (χ4n) is 2.99. The lowest BCUT2D eigenvalue weighted by molar-refractivity contribution is 0.222. The zero-order chi connectivity index (χ0) is 14.5. The Labute approximate surface area is 123 Å². The summed E-state index contributed by atoms with van der Waals surface area (Å²) in [6, 6.07) is 2.21. The molecule has 0 unspecified atom stereocenters. The molecule has 0 radical (unpaired) electrons. The highest BCUT2D eigenvalue weighted by Gasteiger charge is 2.19. The van der Waals surface area contributed by atoms with Gasteiger partial charge in [-0.1, -0.05) is 0 Å². The van der Waals surface area contributed by atoms with Gasteiger partial charge in [-0.2, -0.15) is 0 Å². The Morgan fingerprint density at radius 1 is 1.40 bits per heavy atom. The van der Waals surface area contributed by atoms with Gasteiger partial charge in [0.1, 0.15) is 0 Å². The number of nitrogens with one attached hydrogen (secondary N) is 1. The molecule has 0 saturated carbocycles. The highest BCUT2D eigenvalue weighted by Crippen LogP contribution is 2.24. The van der Waals surface area contributed by atoms with Crippen LogP contribution < -0.4 is 10.2 Å². The molecular weight excluding hydrogens is 248 g/mol. The van der Waals surface area contributed by atoms with Gasteiger partial charge in [-0.15, -0.1) is 0 Å². The molecule has 1 aliphatic rings. The maximum absolute atomic E-state index is 4.42. The van der Waals surface area contributed by atoms with Crippen LogP contribution in [-0.4, -0.2) is 50.7 Å². The van der Waals surface area contributed by atoms with Crippen LogP contribution in [0.2, 0.25) is 0 Å². The summed E-state index contributed by atoms with van der Waals surface area (Å²) < 4.78 is 0. The molecule has 1 saturated heterocycles. The molecule has 1 aromatic heterocycles. The van der Waals surface area contributed by atoms with E-state index >= 15 is 0 Å². The number of nitrogens with zero attached hydrogens (tertiary/aromatic N) is 3. The van der Waals surface area contributed by atoms with E-state index in [0.29, 0.717) is 0 Å². The third-order valence-electron chi connectivity index (χ3n) is 4.25. The standard InChI is InChI=1S/C16H28N4/c1-13-9-16(15(10-17-2)11-18-13)20(4)12-14-5-7-19(3)8-6-14/h9,11,14,17H,5-8,10,12H2,1-4H3. The van der Waals surface area contributed by atoms with Crippen molar-refractivity contribution >= 4 is 5.69 Å². The molecule has 2 heterocycles. The van der Waals surface area contributed by atoms with E-state index in [4.69, 9.17) is 0 Å². The van der Waals surface area contributed by atoms with Crippen molar-refractivity contribution in [3.8, 4) is 0 Å². The van der Waals surface area contributed by atoms with Gasteiger partial charge in [0, 0.05) is 43.3 Å². The number of hydrogen-bond donors (Lipinski definition) is 1. The molecule has 1 aromatic rings. The van der Waals surface area contributed by atoms with Gasteiger partial charge in [-0.25, -0.2) is 0 Å². The SMILES string of the molecule is CNCc1cnc(C)cc1N(C)CC1CCN(C)CC1. The zero-order valence-corrected chi connectivity index (χ0v) is 13.3. The molecule has 0 spiro atoms. The normalized spacial score (nSPS) is 17.4. The van der Waals surface area contributed by atoms with Gasteiger partial charge in [-0.3, -0.25) is 4.98 Å². The minimum absolute atomic E-state index is 0.812. The summed E-state index contributed by atoms with van der Waals surface area (Å²) in [4.78, 5) is 9.27. The van der Waals surface area contributed by atoms with Crippen LogP contribution in [-0.2, 0) is 6.54 Å². The van der Waals surface area contributed by atoms with Crippen molar-refractivity contribution in [3.05, 3.63) is 23.5 Å². The van der Waals surface area contributed by atoms with Gasteiger partial charge in [0.05, 0.1) is 0 Å². The van der Waals surface area contributed by atoms with E-state index in [-0.39, 0.29) is 0 Å². The van der Waals surface area contributed by atoms with Crippen molar-refractivity contribution in [2.45, 2.75) is 26.3 Å². The first-order valence-electron chi connectivity index (χ1n) is 7.60. The quantitative estimate of drug-likeness (QED) is 0.890. The summed E-state index contributed by atoms with van der Waals surface area (Å²) in [5.74, 6) is 0.812. The predicted molar refractivity (Wildman–Crippen MR) is 85.2 cm³/mol. The summed E-state index contributed by atoms with van der Waals surface area (Å²) in [7, 11) is 6.42. The number of piperidine rings is 1. The van der Waals surface area contributed by atoms with Crippen molar-refractivity contribution in [1.82, 2.24) is 15.2 Å². The molecule has 0 aliphatic carbocycles. The number of aromatic nitrogens is 1. The molecule has 0 aromatic carbocycles. The van der Waals surface area contributed by atoms with E-state index < -0.39 is 0 Å². The molecule has 1 aliphatic heterocycles. The summed E-state index contributed by atoms with van der Waals surface area (Å²) in [6.45, 7) is 6.55. The maximum atomic E-state index is 4.42. The van der Waals surface area contributed by atoms with Crippen molar-refractivity contribution in [1.29, 1.82) is 0 Å². The number of hydrogen-bond acceptors (Lipinski definition) is 4. The first-order chi connectivity index (χ1) is 9.60. The fraction of sp³-hybridized carbons (Fsp3) is 0.688. The average Bonchev–Trinajstić information content (AvgIpc) is 2.43. The molecule has 1 fully saturated rings. The predicted octanol–water partition coefficient (Wildman–Crippen LogP) is 1.89. The number of likely N-dealkylation sites (tertiary alicyclic amines) is 1. The van der Waals surface area contributed by atoms with Crippen LogP contribution in [0.1, 0.15) is 24.1 Å². The van der Waals surface area contributed by atoms with Crippen LogP contribution >= 0.6 is 0 Å². The van der Waals surface area contributed by atoms with Gasteiger partial charge >= 0.3 is 0 Å². The lowest BCUT2D eigenvalue weighted by atomic mass is 9.96. The van der Waals surface area contributed by atoms with Crippen LogP contribution in [0.15, 0.2) is 12.3 Å². The number of anilines is 1. The Kier molecular flexibility index (Phi) is 5.38. The van der Waals surface area contributed by atoms with Crippen molar-refractivity contribution in [3.63, 3.8) is 0 Å². The summed E-state index contributed by atoms with van der Waals surface area (Å²) in [6.07, 6.45) is 4.63.